The van der Waals surface area contributed by atoms with Crippen LogP contribution in [0.1, 0.15) is 36.5 Å². The molecule has 2 aliphatic heterocycles. The zero-order valence-electron chi connectivity index (χ0n) is 14.4. The van der Waals surface area contributed by atoms with Crippen LogP contribution in [0.5, 0.6) is 0 Å². The van der Waals surface area contributed by atoms with Crippen molar-refractivity contribution in [2.75, 3.05) is 38.1 Å². The van der Waals surface area contributed by atoms with Crippen molar-refractivity contribution in [1.82, 2.24) is 15.2 Å². The Bertz CT molecular complexity index is 512. The Morgan fingerprint density at radius 2 is 1.96 bits per heavy atom. The van der Waals surface area contributed by atoms with Gasteiger partial charge in [0, 0.05) is 38.9 Å². The summed E-state index contributed by atoms with van der Waals surface area (Å²) in [6, 6.07) is 4.21. The third kappa shape index (κ3) is 4.74. The number of halogens is 2. The molecule has 5 nitrogen and oxygen atoms in total. The summed E-state index contributed by atoms with van der Waals surface area (Å²) >= 11 is 0. The van der Waals surface area contributed by atoms with E-state index >= 15 is 0 Å². The van der Waals surface area contributed by atoms with E-state index in [0.717, 1.165) is 44.3 Å². The maximum atomic E-state index is 12.5. The first-order valence-corrected chi connectivity index (χ1v) is 8.34. The van der Waals surface area contributed by atoms with Crippen molar-refractivity contribution in [1.29, 1.82) is 0 Å². The Morgan fingerprint density at radius 1 is 1.25 bits per heavy atom. The van der Waals surface area contributed by atoms with E-state index in [9.17, 15) is 4.79 Å². The second-order valence-corrected chi connectivity index (χ2v) is 6.64. The van der Waals surface area contributed by atoms with Gasteiger partial charge in [-0.1, -0.05) is 6.92 Å². The van der Waals surface area contributed by atoms with Gasteiger partial charge in [-0.15, -0.1) is 24.8 Å². The summed E-state index contributed by atoms with van der Waals surface area (Å²) < 4.78 is 0. The average molecular weight is 375 g/mol. The number of carbonyl (C=O) groups is 1. The SMILES string of the molecule is CC1CCN(c2ccc(C(=O)N(C)C3CCNC3)cn2)CC1.Cl.Cl. The first-order chi connectivity index (χ1) is 10.6. The molecule has 1 aromatic rings. The van der Waals surface area contributed by atoms with Gasteiger partial charge in [0.25, 0.3) is 5.91 Å². The largest absolute Gasteiger partial charge is 0.357 e. The molecule has 0 saturated carbocycles. The lowest BCUT2D eigenvalue weighted by molar-refractivity contribution is 0.0743. The molecule has 24 heavy (non-hydrogen) atoms. The normalized spacial score (nSPS) is 20.9. The number of nitrogens with zero attached hydrogens (tertiary/aromatic N) is 3. The number of pyridine rings is 1. The summed E-state index contributed by atoms with van der Waals surface area (Å²) in [5.74, 6) is 1.87. The fraction of sp³-hybridized carbons (Fsp3) is 0.647. The number of likely N-dealkylation sites (N-methyl/N-ethyl adjacent to an activating group) is 1. The maximum Gasteiger partial charge on any atom is 0.255 e. The van der Waals surface area contributed by atoms with Crippen molar-refractivity contribution in [2.24, 2.45) is 5.92 Å². The summed E-state index contributed by atoms with van der Waals surface area (Å²) in [5, 5.41) is 3.30. The molecule has 2 saturated heterocycles. The lowest BCUT2D eigenvalue weighted by atomic mass is 9.99. The number of anilines is 1. The Kier molecular flexibility index (Phi) is 8.27. The molecule has 0 radical (unpaired) electrons. The van der Waals surface area contributed by atoms with Crippen molar-refractivity contribution in [3.63, 3.8) is 0 Å². The van der Waals surface area contributed by atoms with E-state index in [2.05, 4.69) is 22.1 Å². The molecular formula is C17H28Cl2N4O. The molecule has 1 N–H and O–H groups in total. The summed E-state index contributed by atoms with van der Waals surface area (Å²) in [6.45, 7) is 6.32. The summed E-state index contributed by atoms with van der Waals surface area (Å²) in [7, 11) is 1.89. The van der Waals surface area contributed by atoms with E-state index in [-0.39, 0.29) is 30.7 Å². The predicted molar refractivity (Wildman–Crippen MR) is 103 cm³/mol. The second kappa shape index (κ2) is 9.44. The zero-order chi connectivity index (χ0) is 15.5. The lowest BCUT2D eigenvalue weighted by Gasteiger charge is -2.31. The second-order valence-electron chi connectivity index (χ2n) is 6.64. The van der Waals surface area contributed by atoms with Crippen LogP contribution in [0.4, 0.5) is 5.82 Å². The molecule has 3 heterocycles. The highest BCUT2D eigenvalue weighted by Gasteiger charge is 2.24. The topological polar surface area (TPSA) is 48.5 Å². The van der Waals surface area contributed by atoms with Crippen LogP contribution < -0.4 is 10.2 Å². The molecule has 7 heteroatoms. The minimum Gasteiger partial charge on any atom is -0.357 e. The van der Waals surface area contributed by atoms with Gasteiger partial charge in [0.05, 0.1) is 5.56 Å². The summed E-state index contributed by atoms with van der Waals surface area (Å²) in [4.78, 5) is 21.2. The van der Waals surface area contributed by atoms with Crippen LogP contribution in [0.3, 0.4) is 0 Å². The van der Waals surface area contributed by atoms with Crippen LogP contribution in [-0.2, 0) is 0 Å². The number of hydrogen-bond acceptors (Lipinski definition) is 4. The summed E-state index contributed by atoms with van der Waals surface area (Å²) in [6.07, 6.45) is 5.20. The van der Waals surface area contributed by atoms with Crippen molar-refractivity contribution in [2.45, 2.75) is 32.2 Å². The number of aromatic nitrogens is 1. The third-order valence-corrected chi connectivity index (χ3v) is 5.00. The lowest BCUT2D eigenvalue weighted by Crippen LogP contribution is -2.38. The maximum absolute atomic E-state index is 12.5. The molecule has 0 spiro atoms. The van der Waals surface area contributed by atoms with Crippen LogP contribution in [0.2, 0.25) is 0 Å². The highest BCUT2D eigenvalue weighted by molar-refractivity contribution is 5.94. The van der Waals surface area contributed by atoms with Gasteiger partial charge in [0.2, 0.25) is 0 Å². The van der Waals surface area contributed by atoms with Crippen LogP contribution >= 0.6 is 24.8 Å². The van der Waals surface area contributed by atoms with Crippen LogP contribution in [0.25, 0.3) is 0 Å². The van der Waals surface area contributed by atoms with Crippen LogP contribution in [0.15, 0.2) is 18.3 Å². The van der Waals surface area contributed by atoms with E-state index in [4.69, 9.17) is 0 Å². The molecule has 2 fully saturated rings. The molecule has 2 aliphatic rings. The van der Waals surface area contributed by atoms with Crippen molar-refractivity contribution < 1.29 is 4.79 Å². The van der Waals surface area contributed by atoms with Gasteiger partial charge in [0.1, 0.15) is 5.82 Å². The Morgan fingerprint density at radius 3 is 2.50 bits per heavy atom. The molecular weight excluding hydrogens is 347 g/mol. The number of hydrogen-bond donors (Lipinski definition) is 1. The fourth-order valence-corrected chi connectivity index (χ4v) is 3.28. The highest BCUT2D eigenvalue weighted by atomic mass is 35.5. The number of nitrogens with one attached hydrogen (secondary N) is 1. The van der Waals surface area contributed by atoms with Crippen LogP contribution in [0, 0.1) is 5.92 Å². The first-order valence-electron chi connectivity index (χ1n) is 8.34. The van der Waals surface area contributed by atoms with Gasteiger partial charge in [-0.25, -0.2) is 4.98 Å². The summed E-state index contributed by atoms with van der Waals surface area (Å²) in [5.41, 5.74) is 0.684. The zero-order valence-corrected chi connectivity index (χ0v) is 16.0. The van der Waals surface area contributed by atoms with Crippen molar-refractivity contribution in [3.8, 4) is 0 Å². The van der Waals surface area contributed by atoms with Crippen molar-refractivity contribution >= 4 is 36.5 Å². The van der Waals surface area contributed by atoms with Crippen molar-refractivity contribution in [3.05, 3.63) is 23.9 Å². The quantitative estimate of drug-likeness (QED) is 0.882. The number of rotatable bonds is 3. The molecule has 3 rings (SSSR count). The van der Waals surface area contributed by atoms with Gasteiger partial charge in [-0.05, 0) is 43.9 Å². The predicted octanol–water partition coefficient (Wildman–Crippen LogP) is 2.60. The number of amides is 1. The van der Waals surface area contributed by atoms with E-state index in [0.29, 0.717) is 11.6 Å². The van der Waals surface area contributed by atoms with Gasteiger partial charge in [-0.2, -0.15) is 0 Å². The van der Waals surface area contributed by atoms with Gasteiger partial charge < -0.3 is 15.1 Å². The van der Waals surface area contributed by atoms with E-state index in [1.165, 1.54) is 12.8 Å². The number of carbonyl (C=O) groups excluding carboxylic acids is 1. The van der Waals surface area contributed by atoms with E-state index in [1.807, 2.05) is 24.1 Å². The fourth-order valence-electron chi connectivity index (χ4n) is 3.28. The van der Waals surface area contributed by atoms with Gasteiger partial charge >= 0.3 is 0 Å². The third-order valence-electron chi connectivity index (χ3n) is 5.00. The monoisotopic (exact) mass is 374 g/mol. The average Bonchev–Trinajstić information content (AvgIpc) is 3.09. The molecule has 1 aromatic heterocycles. The highest BCUT2D eigenvalue weighted by Crippen LogP contribution is 2.21. The molecule has 1 unspecified atom stereocenters. The smallest absolute Gasteiger partial charge is 0.255 e. The Balaban J connectivity index is 0.00000144. The molecule has 136 valence electrons. The van der Waals surface area contributed by atoms with Gasteiger partial charge in [-0.3, -0.25) is 4.79 Å². The molecule has 0 aliphatic carbocycles. The van der Waals surface area contributed by atoms with E-state index in [1.54, 1.807) is 6.20 Å². The molecule has 1 amide bonds. The minimum absolute atomic E-state index is 0. The van der Waals surface area contributed by atoms with E-state index < -0.39 is 0 Å². The molecule has 0 aromatic carbocycles. The van der Waals surface area contributed by atoms with Gasteiger partial charge in [0.15, 0.2) is 0 Å². The molecule has 1 atom stereocenters. The standard InChI is InChI=1S/C17H26N4O.2ClH/c1-13-6-9-21(10-7-13)16-4-3-14(11-19-16)17(22)20(2)15-5-8-18-12-15;;/h3-4,11,13,15,18H,5-10,12H2,1-2H3;2*1H. The Labute approximate surface area is 157 Å². The number of piperidine rings is 1. The first kappa shape index (κ1) is 21.0. The molecule has 0 bridgehead atoms. The van der Waals surface area contributed by atoms with Crippen LogP contribution in [-0.4, -0.2) is 55.1 Å². The minimum atomic E-state index is 0. The Hall–Kier alpha value is -1.04.